The number of hydrogen-bond acceptors (Lipinski definition) is 3. The summed E-state index contributed by atoms with van der Waals surface area (Å²) in [6, 6.07) is 8.38. The van der Waals surface area contributed by atoms with Crippen molar-refractivity contribution in [2.24, 2.45) is 0 Å². The first-order chi connectivity index (χ1) is 10.8. The summed E-state index contributed by atoms with van der Waals surface area (Å²) in [5.41, 5.74) is 1.56. The number of benzene rings is 1. The van der Waals surface area contributed by atoms with E-state index in [9.17, 15) is 18.0 Å². The van der Waals surface area contributed by atoms with Gasteiger partial charge in [0.05, 0.1) is 12.1 Å². The molecule has 1 heterocycles. The number of aliphatic hydroxyl groups is 1. The molecule has 1 unspecified atom stereocenters. The van der Waals surface area contributed by atoms with Gasteiger partial charge in [-0.05, 0) is 17.7 Å². The topological polar surface area (TPSA) is 65.5 Å². The second-order valence-corrected chi connectivity index (χ2v) is 5.08. The highest BCUT2D eigenvalue weighted by molar-refractivity contribution is 5.82. The minimum absolute atomic E-state index is 0.147. The minimum atomic E-state index is -4.75. The number of carbonyl (C=O) groups is 1. The lowest BCUT2D eigenvalue weighted by molar-refractivity contribution is -0.205. The number of rotatable bonds is 4. The zero-order valence-corrected chi connectivity index (χ0v) is 12.3. The molecule has 2 aromatic rings. The van der Waals surface area contributed by atoms with Gasteiger partial charge in [-0.25, -0.2) is 4.79 Å². The second-order valence-electron chi connectivity index (χ2n) is 5.08. The number of pyridine rings is 1. The van der Waals surface area contributed by atoms with Crippen LogP contribution in [0, 0.1) is 0 Å². The molecule has 23 heavy (non-hydrogen) atoms. The summed E-state index contributed by atoms with van der Waals surface area (Å²) in [5, 5.41) is 12.4. The van der Waals surface area contributed by atoms with E-state index in [2.05, 4.69) is 10.3 Å². The lowest BCUT2D eigenvalue weighted by atomic mass is 10.1. The summed E-state index contributed by atoms with van der Waals surface area (Å²) in [4.78, 5) is 16.8. The average molecular weight is 327 g/mol. The van der Waals surface area contributed by atoms with Gasteiger partial charge < -0.3 is 15.3 Å². The summed E-state index contributed by atoms with van der Waals surface area (Å²) < 4.78 is 36.8. The third kappa shape index (κ3) is 4.32. The highest BCUT2D eigenvalue weighted by atomic mass is 19.4. The molecule has 0 saturated heterocycles. The van der Waals surface area contributed by atoms with Crippen LogP contribution in [0.1, 0.15) is 5.56 Å². The number of nitrogens with one attached hydrogen (secondary N) is 1. The van der Waals surface area contributed by atoms with E-state index in [1.807, 2.05) is 24.3 Å². The number of hydrogen-bond donors (Lipinski definition) is 2. The van der Waals surface area contributed by atoms with Gasteiger partial charge in [0.1, 0.15) is 0 Å². The maximum Gasteiger partial charge on any atom is 0.416 e. The van der Waals surface area contributed by atoms with Crippen molar-refractivity contribution in [2.45, 2.75) is 18.8 Å². The van der Waals surface area contributed by atoms with Crippen LogP contribution >= 0.6 is 0 Å². The van der Waals surface area contributed by atoms with Crippen LogP contribution in [0.2, 0.25) is 0 Å². The molecular weight excluding hydrogens is 311 g/mol. The lowest BCUT2D eigenvalue weighted by Gasteiger charge is -2.22. The molecule has 2 N–H and O–H groups in total. The van der Waals surface area contributed by atoms with Crippen molar-refractivity contribution in [1.29, 1.82) is 0 Å². The maximum absolute atomic E-state index is 12.3. The van der Waals surface area contributed by atoms with Crippen LogP contribution in [0.5, 0.6) is 0 Å². The van der Waals surface area contributed by atoms with Crippen LogP contribution in [0.25, 0.3) is 10.9 Å². The van der Waals surface area contributed by atoms with Crippen molar-refractivity contribution < 1.29 is 23.1 Å². The fourth-order valence-corrected chi connectivity index (χ4v) is 2.06. The van der Waals surface area contributed by atoms with Crippen molar-refractivity contribution in [3.05, 3.63) is 42.1 Å². The number of para-hydroxylation sites is 1. The molecule has 0 fully saturated rings. The number of likely N-dealkylation sites (N-methyl/N-ethyl adjacent to an activating group) is 1. The Hall–Kier alpha value is -2.35. The van der Waals surface area contributed by atoms with E-state index in [1.165, 1.54) is 7.05 Å². The van der Waals surface area contributed by atoms with Crippen LogP contribution in [0.3, 0.4) is 0 Å². The maximum atomic E-state index is 12.3. The summed E-state index contributed by atoms with van der Waals surface area (Å²) in [5.74, 6) is 0. The van der Waals surface area contributed by atoms with E-state index < -0.39 is 24.9 Å². The van der Waals surface area contributed by atoms with Crippen molar-refractivity contribution in [3.63, 3.8) is 0 Å². The Morgan fingerprint density at radius 1 is 1.35 bits per heavy atom. The Morgan fingerprint density at radius 3 is 2.74 bits per heavy atom. The quantitative estimate of drug-likeness (QED) is 0.906. The van der Waals surface area contributed by atoms with E-state index in [-0.39, 0.29) is 6.54 Å². The summed E-state index contributed by atoms with van der Waals surface area (Å²) >= 11 is 0. The average Bonchev–Trinajstić information content (AvgIpc) is 2.51. The van der Waals surface area contributed by atoms with E-state index in [4.69, 9.17) is 5.11 Å². The third-order valence-corrected chi connectivity index (χ3v) is 3.34. The van der Waals surface area contributed by atoms with Crippen molar-refractivity contribution in [3.8, 4) is 0 Å². The predicted molar refractivity (Wildman–Crippen MR) is 78.7 cm³/mol. The molecule has 2 rings (SSSR count). The predicted octanol–water partition coefficient (Wildman–Crippen LogP) is 2.30. The zero-order valence-electron chi connectivity index (χ0n) is 12.3. The van der Waals surface area contributed by atoms with Crippen LogP contribution < -0.4 is 5.32 Å². The number of aromatic nitrogens is 1. The van der Waals surface area contributed by atoms with Gasteiger partial charge in [0.15, 0.2) is 6.10 Å². The molecule has 124 valence electrons. The van der Waals surface area contributed by atoms with Gasteiger partial charge in [-0.3, -0.25) is 4.98 Å². The molecule has 0 aliphatic heterocycles. The van der Waals surface area contributed by atoms with Crippen molar-refractivity contribution >= 4 is 16.9 Å². The van der Waals surface area contributed by atoms with Crippen molar-refractivity contribution in [1.82, 2.24) is 15.2 Å². The fraction of sp³-hybridized carbons (Fsp3) is 0.333. The number of nitrogens with zero attached hydrogens (tertiary/aromatic N) is 2. The molecule has 8 heteroatoms. The Bertz CT molecular complexity index is 686. The first-order valence-corrected chi connectivity index (χ1v) is 6.85. The molecule has 0 spiro atoms. The molecule has 0 saturated carbocycles. The molecule has 2 amide bonds. The number of amides is 2. The summed E-state index contributed by atoms with van der Waals surface area (Å²) in [6.45, 7) is -0.680. The van der Waals surface area contributed by atoms with Gasteiger partial charge >= 0.3 is 12.2 Å². The largest absolute Gasteiger partial charge is 0.416 e. The van der Waals surface area contributed by atoms with E-state index in [1.54, 1.807) is 12.3 Å². The number of halogens is 3. The van der Waals surface area contributed by atoms with Gasteiger partial charge in [-0.2, -0.15) is 13.2 Å². The Balaban J connectivity index is 1.98. The molecule has 0 aliphatic carbocycles. The lowest BCUT2D eigenvalue weighted by Crippen LogP contribution is -2.45. The summed E-state index contributed by atoms with van der Waals surface area (Å²) in [6.07, 6.45) is -5.73. The molecule has 1 atom stereocenters. The second kappa shape index (κ2) is 6.82. The molecular formula is C15H16F3N3O2. The summed E-state index contributed by atoms with van der Waals surface area (Å²) in [7, 11) is 1.19. The SMILES string of the molecule is CN(CC(O)C(F)(F)F)C(=O)NCc1ccnc2ccccc12. The zero-order chi connectivity index (χ0) is 17.0. The minimum Gasteiger partial charge on any atom is -0.382 e. The van der Waals surface area contributed by atoms with Crippen LogP contribution in [0.15, 0.2) is 36.5 Å². The van der Waals surface area contributed by atoms with E-state index >= 15 is 0 Å². The number of aliphatic hydroxyl groups excluding tert-OH is 1. The van der Waals surface area contributed by atoms with E-state index in [0.717, 1.165) is 21.4 Å². The number of fused-ring (bicyclic) bond motifs is 1. The third-order valence-electron chi connectivity index (χ3n) is 3.34. The Morgan fingerprint density at radius 2 is 2.04 bits per heavy atom. The van der Waals surface area contributed by atoms with Crippen LogP contribution in [-0.2, 0) is 6.54 Å². The first kappa shape index (κ1) is 17.0. The number of urea groups is 1. The van der Waals surface area contributed by atoms with Crippen LogP contribution in [-0.4, -0.2) is 46.9 Å². The molecule has 0 bridgehead atoms. The smallest absolute Gasteiger partial charge is 0.382 e. The molecule has 0 aliphatic rings. The van der Waals surface area contributed by atoms with Gasteiger partial charge in [-0.15, -0.1) is 0 Å². The number of alkyl halides is 3. The first-order valence-electron chi connectivity index (χ1n) is 6.85. The fourth-order valence-electron chi connectivity index (χ4n) is 2.06. The van der Waals surface area contributed by atoms with Gasteiger partial charge in [-0.1, -0.05) is 18.2 Å². The van der Waals surface area contributed by atoms with Gasteiger partial charge in [0.2, 0.25) is 0 Å². The van der Waals surface area contributed by atoms with Gasteiger partial charge in [0.25, 0.3) is 0 Å². The molecule has 0 radical (unpaired) electrons. The molecule has 1 aromatic carbocycles. The highest BCUT2D eigenvalue weighted by Crippen LogP contribution is 2.20. The Kier molecular flexibility index (Phi) is 5.05. The van der Waals surface area contributed by atoms with Crippen molar-refractivity contribution in [2.75, 3.05) is 13.6 Å². The van der Waals surface area contributed by atoms with E-state index in [0.29, 0.717) is 0 Å². The number of carbonyl (C=O) groups excluding carboxylic acids is 1. The standard InChI is InChI=1S/C15H16F3N3O2/c1-21(9-13(22)15(16,17)18)14(23)20-8-10-6-7-19-12-5-3-2-4-11(10)12/h2-7,13,22H,8-9H2,1H3,(H,20,23). The molecule has 5 nitrogen and oxygen atoms in total. The molecule has 1 aromatic heterocycles. The normalized spacial score (nSPS) is 12.9. The van der Waals surface area contributed by atoms with Gasteiger partial charge in [0, 0.05) is 25.2 Å². The van der Waals surface area contributed by atoms with Crippen LogP contribution in [0.4, 0.5) is 18.0 Å². The Labute approximate surface area is 130 Å². The highest BCUT2D eigenvalue weighted by Gasteiger charge is 2.39. The monoisotopic (exact) mass is 327 g/mol.